The van der Waals surface area contributed by atoms with Gasteiger partial charge in [-0.25, -0.2) is 31.9 Å². The molecule has 0 fully saturated rings. The second-order valence-corrected chi connectivity index (χ2v) is 10.6. The molecule has 5 aromatic rings. The van der Waals surface area contributed by atoms with Gasteiger partial charge in [-0.15, -0.1) is 0 Å². The van der Waals surface area contributed by atoms with E-state index in [1.807, 2.05) is 10.8 Å². The molecule has 186 valence electrons. The smallest absolute Gasteiger partial charge is 0.268 e. The normalized spacial score (nSPS) is 11.4. The number of carbonyl (C=O) groups is 1. The number of pyridine rings is 1. The number of hydrogen-bond acceptors (Lipinski definition) is 6. The Morgan fingerprint density at radius 1 is 1.03 bits per heavy atom. The second-order valence-electron chi connectivity index (χ2n) is 8.04. The predicted molar refractivity (Wildman–Crippen MR) is 137 cm³/mol. The van der Waals surface area contributed by atoms with Gasteiger partial charge in [0.25, 0.3) is 15.9 Å². The predicted octanol–water partition coefficient (Wildman–Crippen LogP) is 4.45. The van der Waals surface area contributed by atoms with Gasteiger partial charge in [-0.2, -0.15) is 10.2 Å². The molecule has 5 rings (SSSR count). The quantitative estimate of drug-likeness (QED) is 0.317. The molecule has 0 radical (unpaired) electrons. The first-order valence-electron chi connectivity index (χ1n) is 10.9. The van der Waals surface area contributed by atoms with Gasteiger partial charge in [0.05, 0.1) is 16.7 Å². The van der Waals surface area contributed by atoms with Crippen molar-refractivity contribution in [2.45, 2.75) is 11.8 Å². The minimum absolute atomic E-state index is 0.00330. The minimum Gasteiger partial charge on any atom is -0.268 e. The number of halogens is 2. The summed E-state index contributed by atoms with van der Waals surface area (Å²) in [6.45, 7) is 1.80. The molecule has 12 heteroatoms. The summed E-state index contributed by atoms with van der Waals surface area (Å²) in [4.78, 5) is 17.1. The van der Waals surface area contributed by atoms with Crippen LogP contribution >= 0.6 is 15.9 Å². The Morgan fingerprint density at radius 3 is 2.54 bits per heavy atom. The number of benzene rings is 2. The summed E-state index contributed by atoms with van der Waals surface area (Å²) in [5.74, 6) is -1.30. The van der Waals surface area contributed by atoms with Gasteiger partial charge in [0.15, 0.2) is 5.82 Å². The molecule has 1 N–H and O–H groups in total. The van der Waals surface area contributed by atoms with E-state index in [-0.39, 0.29) is 16.9 Å². The van der Waals surface area contributed by atoms with E-state index >= 15 is 0 Å². The molecule has 0 saturated carbocycles. The molecule has 37 heavy (non-hydrogen) atoms. The van der Waals surface area contributed by atoms with Gasteiger partial charge in [0.1, 0.15) is 17.2 Å². The number of hydrogen-bond donors (Lipinski definition) is 1. The number of nitrogens with zero attached hydrogens (tertiary/aromatic N) is 5. The van der Waals surface area contributed by atoms with Gasteiger partial charge >= 0.3 is 0 Å². The highest BCUT2D eigenvalue weighted by Crippen LogP contribution is 2.27. The summed E-state index contributed by atoms with van der Waals surface area (Å²) in [7, 11) is -4.42. The third-order valence-electron chi connectivity index (χ3n) is 5.36. The average Bonchev–Trinajstić information content (AvgIpc) is 3.51. The lowest BCUT2D eigenvalue weighted by atomic mass is 10.1. The monoisotopic (exact) mass is 580 g/mol. The summed E-state index contributed by atoms with van der Waals surface area (Å²) in [5, 5.41) is 8.52. The van der Waals surface area contributed by atoms with E-state index in [0.717, 1.165) is 16.1 Å². The van der Waals surface area contributed by atoms with E-state index in [2.05, 4.69) is 31.1 Å². The molecule has 1 amide bonds. The Balaban J connectivity index is 1.50. The topological polar surface area (TPSA) is 112 Å². The number of aryl methyl sites for hydroxylation is 1. The zero-order chi connectivity index (χ0) is 26.2. The molecule has 9 nitrogen and oxygen atoms in total. The van der Waals surface area contributed by atoms with Crippen LogP contribution in [0.15, 0.2) is 94.8 Å². The fourth-order valence-electron chi connectivity index (χ4n) is 3.62. The maximum Gasteiger partial charge on any atom is 0.268 e. The van der Waals surface area contributed by atoms with Gasteiger partial charge < -0.3 is 0 Å². The Kier molecular flexibility index (Phi) is 6.44. The number of aromatic nitrogens is 5. The molecule has 0 aliphatic rings. The van der Waals surface area contributed by atoms with Gasteiger partial charge in [-0.3, -0.25) is 4.79 Å². The highest BCUT2D eigenvalue weighted by atomic mass is 79.9. The first-order valence-corrected chi connectivity index (χ1v) is 13.1. The van der Waals surface area contributed by atoms with Crippen LogP contribution in [0.25, 0.3) is 22.8 Å². The first kappa shape index (κ1) is 24.5. The number of carbonyl (C=O) groups excluding carboxylic acids is 1. The second kappa shape index (κ2) is 9.71. The summed E-state index contributed by atoms with van der Waals surface area (Å²) in [5.41, 5.74) is 1.71. The van der Waals surface area contributed by atoms with Crippen molar-refractivity contribution in [1.29, 1.82) is 0 Å². The first-order chi connectivity index (χ1) is 17.7. The van der Waals surface area contributed by atoms with Crippen LogP contribution in [0.5, 0.6) is 0 Å². The van der Waals surface area contributed by atoms with Crippen molar-refractivity contribution in [2.75, 3.05) is 0 Å². The Bertz CT molecular complexity index is 1730. The van der Waals surface area contributed by atoms with Crippen molar-refractivity contribution in [3.05, 3.63) is 107 Å². The third-order valence-corrected chi connectivity index (χ3v) is 7.18. The Labute approximate surface area is 219 Å². The summed E-state index contributed by atoms with van der Waals surface area (Å²) >= 11 is 3.40. The van der Waals surface area contributed by atoms with Gasteiger partial charge in [0, 0.05) is 28.6 Å². The van der Waals surface area contributed by atoms with Crippen molar-refractivity contribution in [2.24, 2.45) is 0 Å². The third kappa shape index (κ3) is 5.06. The SMILES string of the molecule is Cc1cnn(-c2ccc(S(=O)(=O)NC(=O)c3cn(-c4ccccn4)nc3-c3cccc(Br)c3)cc2F)c1. The molecule has 0 aliphatic heterocycles. The molecule has 0 atom stereocenters. The van der Waals surface area contributed by atoms with Crippen LogP contribution in [-0.4, -0.2) is 38.9 Å². The fourth-order valence-corrected chi connectivity index (χ4v) is 4.99. The molecule has 3 heterocycles. The Hall–Kier alpha value is -4.16. The number of nitrogens with one attached hydrogen (secondary N) is 1. The van der Waals surface area contributed by atoms with Crippen molar-refractivity contribution < 1.29 is 17.6 Å². The molecule has 3 aromatic heterocycles. The van der Waals surface area contributed by atoms with Crippen LogP contribution in [0.4, 0.5) is 4.39 Å². The molecule has 2 aromatic carbocycles. The number of rotatable bonds is 6. The van der Waals surface area contributed by atoms with Gasteiger partial charge in [-0.05, 0) is 55.0 Å². The highest BCUT2D eigenvalue weighted by Gasteiger charge is 2.25. The molecular formula is C25H18BrFN6O3S. The van der Waals surface area contributed by atoms with Crippen LogP contribution in [0.2, 0.25) is 0 Å². The molecular weight excluding hydrogens is 563 g/mol. The maximum atomic E-state index is 14.8. The molecule has 0 bridgehead atoms. The minimum atomic E-state index is -4.42. The number of amides is 1. The van der Waals surface area contributed by atoms with E-state index in [0.29, 0.717) is 11.4 Å². The van der Waals surface area contributed by atoms with Crippen LogP contribution in [-0.2, 0) is 10.0 Å². The zero-order valence-corrected chi connectivity index (χ0v) is 21.6. The molecule has 0 saturated heterocycles. The van der Waals surface area contributed by atoms with E-state index in [9.17, 15) is 17.6 Å². The fraction of sp³-hybridized carbons (Fsp3) is 0.0400. The van der Waals surface area contributed by atoms with Crippen molar-refractivity contribution in [3.8, 4) is 22.8 Å². The Morgan fingerprint density at radius 2 is 1.86 bits per heavy atom. The van der Waals surface area contributed by atoms with Crippen LogP contribution in [0.3, 0.4) is 0 Å². The number of sulfonamides is 1. The van der Waals surface area contributed by atoms with E-state index < -0.39 is 26.6 Å². The van der Waals surface area contributed by atoms with E-state index in [4.69, 9.17) is 0 Å². The largest absolute Gasteiger partial charge is 0.268 e. The highest BCUT2D eigenvalue weighted by molar-refractivity contribution is 9.10. The van der Waals surface area contributed by atoms with Crippen molar-refractivity contribution in [1.82, 2.24) is 29.3 Å². The lowest BCUT2D eigenvalue weighted by Crippen LogP contribution is -2.30. The summed E-state index contributed by atoms with van der Waals surface area (Å²) in [6.07, 6.45) is 6.13. The maximum absolute atomic E-state index is 14.8. The zero-order valence-electron chi connectivity index (χ0n) is 19.2. The van der Waals surface area contributed by atoms with Crippen molar-refractivity contribution >= 4 is 31.9 Å². The van der Waals surface area contributed by atoms with Crippen LogP contribution in [0.1, 0.15) is 15.9 Å². The average molecular weight is 581 g/mol. The van der Waals surface area contributed by atoms with Gasteiger partial charge in [-0.1, -0.05) is 34.1 Å². The lowest BCUT2D eigenvalue weighted by molar-refractivity contribution is 0.0982. The molecule has 0 unspecified atom stereocenters. The molecule has 0 aliphatic carbocycles. The van der Waals surface area contributed by atoms with Gasteiger partial charge in [0.2, 0.25) is 0 Å². The van der Waals surface area contributed by atoms with E-state index in [1.165, 1.54) is 27.7 Å². The van der Waals surface area contributed by atoms with Crippen LogP contribution < -0.4 is 4.72 Å². The standard InChI is InChI=1S/C25H18BrFN6O3S/c1-16-13-29-32(14-16)22-9-8-19(12-21(22)27)37(35,36)31-25(34)20-15-33(23-7-2-3-10-28-23)30-24(20)17-5-4-6-18(26)11-17/h2-15H,1H3,(H,31,34). The lowest BCUT2D eigenvalue weighted by Gasteiger charge is -2.09. The summed E-state index contributed by atoms with van der Waals surface area (Å²) < 4.78 is 46.3. The molecule has 0 spiro atoms. The van der Waals surface area contributed by atoms with Crippen LogP contribution in [0, 0.1) is 12.7 Å². The van der Waals surface area contributed by atoms with Crippen molar-refractivity contribution in [3.63, 3.8) is 0 Å². The van der Waals surface area contributed by atoms with E-state index in [1.54, 1.807) is 61.9 Å². The summed E-state index contributed by atoms with van der Waals surface area (Å²) in [6, 6.07) is 15.6.